The molecule has 0 aliphatic heterocycles. The zero-order valence-corrected chi connectivity index (χ0v) is 23.4. The molecule has 0 aliphatic carbocycles. The number of benzene rings is 2. The van der Waals surface area contributed by atoms with Crippen LogP contribution in [0.1, 0.15) is 37.8 Å². The van der Waals surface area contributed by atoms with E-state index >= 15 is 0 Å². The molecule has 0 heterocycles. The first-order chi connectivity index (χ1) is 18.3. The zero-order chi connectivity index (χ0) is 27.6. The number of hydrazone groups is 2. The molecule has 6 heteroatoms. The molecule has 0 saturated carbocycles. The highest BCUT2D eigenvalue weighted by Crippen LogP contribution is 2.20. The van der Waals surface area contributed by atoms with Crippen LogP contribution in [0.2, 0.25) is 0 Å². The van der Waals surface area contributed by atoms with Crippen LogP contribution in [-0.4, -0.2) is 62.8 Å². The Morgan fingerprint density at radius 1 is 0.684 bits per heavy atom. The molecular weight excluding hydrogens is 472 g/mol. The first kappa shape index (κ1) is 29.8. The highest BCUT2D eigenvalue weighted by atomic mass is 16.5. The maximum Gasteiger partial charge on any atom is 0.126 e. The Labute approximate surface area is 228 Å². The molecule has 0 radical (unpaired) electrons. The van der Waals surface area contributed by atoms with Crippen molar-refractivity contribution in [3.05, 3.63) is 71.8 Å². The molecule has 2 aromatic carbocycles. The largest absolute Gasteiger partial charge is 0.492 e. The van der Waals surface area contributed by atoms with Gasteiger partial charge in [0, 0.05) is 52.2 Å². The number of para-hydroxylation sites is 2. The Bertz CT molecular complexity index is 1170. The summed E-state index contributed by atoms with van der Waals surface area (Å²) >= 11 is 0. The molecule has 0 spiro atoms. The van der Waals surface area contributed by atoms with E-state index in [1.54, 1.807) is 10.0 Å². The summed E-state index contributed by atoms with van der Waals surface area (Å²) in [5, 5.41) is 12.3. The highest BCUT2D eigenvalue weighted by Gasteiger charge is 2.00. The lowest BCUT2D eigenvalue weighted by Crippen LogP contribution is -2.04. The molecule has 0 atom stereocenters. The van der Waals surface area contributed by atoms with E-state index in [4.69, 9.17) is 9.47 Å². The van der Waals surface area contributed by atoms with Crippen molar-refractivity contribution < 1.29 is 9.47 Å². The van der Waals surface area contributed by atoms with E-state index < -0.39 is 0 Å². The van der Waals surface area contributed by atoms with E-state index in [-0.39, 0.29) is 0 Å². The van der Waals surface area contributed by atoms with Crippen LogP contribution in [0.15, 0.2) is 70.9 Å². The third kappa shape index (κ3) is 12.5. The van der Waals surface area contributed by atoms with Gasteiger partial charge in [0.2, 0.25) is 0 Å². The van der Waals surface area contributed by atoms with Gasteiger partial charge < -0.3 is 19.5 Å². The Balaban J connectivity index is 1.78. The second-order valence-electron chi connectivity index (χ2n) is 8.72. The lowest BCUT2D eigenvalue weighted by atomic mass is 10.1. The summed E-state index contributed by atoms with van der Waals surface area (Å²) in [7, 11) is 7.60. The number of rotatable bonds is 12. The van der Waals surface area contributed by atoms with Crippen molar-refractivity contribution in [3.8, 4) is 35.2 Å². The van der Waals surface area contributed by atoms with Crippen LogP contribution in [0.4, 0.5) is 0 Å². The van der Waals surface area contributed by atoms with Gasteiger partial charge in [0.15, 0.2) is 0 Å². The first-order valence-corrected chi connectivity index (χ1v) is 12.6. The maximum absolute atomic E-state index is 5.92. The van der Waals surface area contributed by atoms with Crippen LogP contribution in [0.25, 0.3) is 12.2 Å². The van der Waals surface area contributed by atoms with Crippen molar-refractivity contribution >= 4 is 23.6 Å². The van der Waals surface area contributed by atoms with Gasteiger partial charge in [-0.1, -0.05) is 48.2 Å². The van der Waals surface area contributed by atoms with Crippen molar-refractivity contribution in [1.29, 1.82) is 0 Å². The van der Waals surface area contributed by atoms with Crippen molar-refractivity contribution in [2.24, 2.45) is 10.2 Å². The van der Waals surface area contributed by atoms with E-state index in [1.165, 1.54) is 0 Å². The topological polar surface area (TPSA) is 49.7 Å². The average Bonchev–Trinajstić information content (AvgIpc) is 2.87. The highest BCUT2D eigenvalue weighted by molar-refractivity contribution is 5.97. The minimum Gasteiger partial charge on any atom is -0.492 e. The minimum absolute atomic E-state index is 0.496. The Kier molecular flexibility index (Phi) is 13.4. The third-order valence-corrected chi connectivity index (χ3v) is 4.77. The molecule has 0 unspecified atom stereocenters. The van der Waals surface area contributed by atoms with Gasteiger partial charge in [0.1, 0.15) is 11.5 Å². The average molecular weight is 511 g/mol. The second kappa shape index (κ2) is 17.1. The van der Waals surface area contributed by atoms with Crippen LogP contribution in [0, 0.1) is 23.7 Å². The molecule has 2 aromatic rings. The van der Waals surface area contributed by atoms with Crippen molar-refractivity contribution in [1.82, 2.24) is 10.0 Å². The molecule has 6 nitrogen and oxygen atoms in total. The van der Waals surface area contributed by atoms with E-state index in [0.29, 0.717) is 26.1 Å². The Morgan fingerprint density at radius 2 is 1.08 bits per heavy atom. The van der Waals surface area contributed by atoms with Crippen molar-refractivity contribution in [2.45, 2.75) is 26.7 Å². The van der Waals surface area contributed by atoms with Gasteiger partial charge in [-0.25, -0.2) is 0 Å². The number of allylic oxidation sites excluding steroid dienone is 2. The number of nitrogens with zero attached hydrogens (tertiary/aromatic N) is 4. The quantitative estimate of drug-likeness (QED) is 0.156. The normalized spacial score (nSPS) is 11.5. The molecule has 38 heavy (non-hydrogen) atoms. The van der Waals surface area contributed by atoms with Crippen molar-refractivity contribution in [2.75, 3.05) is 41.4 Å². The summed E-state index contributed by atoms with van der Waals surface area (Å²) in [6.07, 6.45) is 9.15. The van der Waals surface area contributed by atoms with Gasteiger partial charge in [-0.3, -0.25) is 0 Å². The van der Waals surface area contributed by atoms with Crippen LogP contribution in [0.3, 0.4) is 0 Å². The van der Waals surface area contributed by atoms with Gasteiger partial charge in [-0.15, -0.1) is 0 Å². The first-order valence-electron chi connectivity index (χ1n) is 12.6. The van der Waals surface area contributed by atoms with Crippen LogP contribution < -0.4 is 9.47 Å². The molecule has 0 saturated heterocycles. The lowest BCUT2D eigenvalue weighted by molar-refractivity contribution is 0.326. The Morgan fingerprint density at radius 3 is 1.47 bits per heavy atom. The standard InChI is InChI=1S/C32H38N4O2/c1-27(33-35(3)4)21-23-29-17-11-13-19-31(29)37-25-15-9-7-8-10-16-26-38-32-20-14-12-18-30(32)24-22-28(2)34-36(5)6/h11-14,17-24H,15-16,25-26H2,1-6H3/b23-21+,24-22+,33-27+,34-28+. The van der Waals surface area contributed by atoms with Gasteiger partial charge in [0.05, 0.1) is 24.6 Å². The predicted octanol–water partition coefficient (Wildman–Crippen LogP) is 5.83. The van der Waals surface area contributed by atoms with E-state index in [0.717, 1.165) is 34.0 Å². The molecule has 0 fully saturated rings. The SMILES string of the molecule is CC(/C=C/c1ccccc1OCCC#CC#CCCOc1ccccc1/C=C/C(C)=N/N(C)C)=N\N(C)C. The number of ether oxygens (including phenoxy) is 2. The lowest BCUT2D eigenvalue weighted by Gasteiger charge is -2.08. The summed E-state index contributed by atoms with van der Waals surface area (Å²) in [6.45, 7) is 4.92. The molecule has 0 aromatic heterocycles. The predicted molar refractivity (Wildman–Crippen MR) is 160 cm³/mol. The fourth-order valence-corrected chi connectivity index (χ4v) is 3.26. The molecule has 2 rings (SSSR count). The summed E-state index contributed by atoms with van der Waals surface area (Å²) in [5.41, 5.74) is 3.84. The van der Waals surface area contributed by atoms with Crippen molar-refractivity contribution in [3.63, 3.8) is 0 Å². The van der Waals surface area contributed by atoms with Gasteiger partial charge >= 0.3 is 0 Å². The van der Waals surface area contributed by atoms with Gasteiger partial charge in [0.25, 0.3) is 0 Å². The minimum atomic E-state index is 0.496. The summed E-state index contributed by atoms with van der Waals surface area (Å²) in [4.78, 5) is 0. The number of hydrogen-bond donors (Lipinski definition) is 0. The molecule has 0 N–H and O–H groups in total. The molecule has 0 bridgehead atoms. The van der Waals surface area contributed by atoms with Crippen LogP contribution >= 0.6 is 0 Å². The second-order valence-corrected chi connectivity index (χ2v) is 8.72. The van der Waals surface area contributed by atoms with E-state index in [1.807, 2.05) is 115 Å². The molecule has 198 valence electrons. The monoisotopic (exact) mass is 510 g/mol. The van der Waals surface area contributed by atoms with Crippen LogP contribution in [0.5, 0.6) is 11.5 Å². The maximum atomic E-state index is 5.92. The summed E-state index contributed by atoms with van der Waals surface area (Å²) in [6, 6.07) is 15.8. The van der Waals surface area contributed by atoms with Crippen LogP contribution in [-0.2, 0) is 0 Å². The van der Waals surface area contributed by atoms with Gasteiger partial charge in [-0.05, 0) is 62.1 Å². The Hall–Kier alpha value is -4.42. The molecular formula is C32H38N4O2. The smallest absolute Gasteiger partial charge is 0.126 e. The third-order valence-electron chi connectivity index (χ3n) is 4.77. The number of hydrogen-bond acceptors (Lipinski definition) is 6. The fourth-order valence-electron chi connectivity index (χ4n) is 3.26. The zero-order valence-electron chi connectivity index (χ0n) is 23.4. The van der Waals surface area contributed by atoms with Gasteiger partial charge in [-0.2, -0.15) is 10.2 Å². The van der Waals surface area contributed by atoms with E-state index in [9.17, 15) is 0 Å². The molecule has 0 amide bonds. The summed E-state index contributed by atoms with van der Waals surface area (Å²) in [5.74, 6) is 13.5. The summed E-state index contributed by atoms with van der Waals surface area (Å²) < 4.78 is 11.8. The molecule has 0 aliphatic rings. The van der Waals surface area contributed by atoms with E-state index in [2.05, 4.69) is 33.9 Å². The fraction of sp³-hybridized carbons (Fsp3) is 0.312.